The van der Waals surface area contributed by atoms with E-state index in [1.165, 1.54) is 0 Å². The quantitative estimate of drug-likeness (QED) is 0.277. The number of hydrazine groups is 1. The van der Waals surface area contributed by atoms with E-state index in [9.17, 15) is 4.79 Å². The third-order valence-electron chi connectivity index (χ3n) is 4.89. The highest BCUT2D eigenvalue weighted by atomic mass is 35.5. The Balaban J connectivity index is 2.07. The van der Waals surface area contributed by atoms with Crippen LogP contribution in [0.25, 0.3) is 33.4 Å². The van der Waals surface area contributed by atoms with Crippen molar-refractivity contribution in [3.63, 3.8) is 0 Å². The van der Waals surface area contributed by atoms with Crippen LogP contribution in [0.4, 0.5) is 5.82 Å². The van der Waals surface area contributed by atoms with Crippen molar-refractivity contribution in [2.75, 3.05) is 5.43 Å². The zero-order valence-electron chi connectivity index (χ0n) is 17.8. The number of anilines is 1. The molecular formula is C24H21Cl2N5O. The van der Waals surface area contributed by atoms with Crippen LogP contribution >= 0.6 is 23.2 Å². The lowest BCUT2D eigenvalue weighted by Gasteiger charge is -2.20. The number of fused-ring (bicyclic) bond motifs is 1. The van der Waals surface area contributed by atoms with Gasteiger partial charge in [0.1, 0.15) is 5.82 Å². The van der Waals surface area contributed by atoms with Crippen molar-refractivity contribution in [3.8, 4) is 22.4 Å². The van der Waals surface area contributed by atoms with E-state index in [1.54, 1.807) is 0 Å². The molecule has 6 nitrogen and oxygen atoms in total. The van der Waals surface area contributed by atoms with Crippen LogP contribution < -0.4 is 10.9 Å². The summed E-state index contributed by atoms with van der Waals surface area (Å²) in [6, 6.07) is 17.0. The summed E-state index contributed by atoms with van der Waals surface area (Å²) in [5.41, 5.74) is 8.72. The predicted octanol–water partition coefficient (Wildman–Crippen LogP) is 6.04. The van der Waals surface area contributed by atoms with Crippen LogP contribution in [0.1, 0.15) is 26.6 Å². The van der Waals surface area contributed by atoms with Crippen molar-refractivity contribution in [2.45, 2.75) is 26.2 Å². The van der Waals surface area contributed by atoms with Crippen LogP contribution in [0.5, 0.6) is 0 Å². The standard InChI is InChI=1S/C24H21Cl2N5O/c1-24(2,3)23-29-21-18(22(30-23)31-27-13-32)12-17(14-8-10-15(25)11-9-14)20(28-21)16-6-4-5-7-19(16)26/h4-13H,1-3H3,(H,27,32)(H,28,29,30,31). The number of carbonyl (C=O) groups excluding carboxylic acids is 1. The van der Waals surface area contributed by atoms with Gasteiger partial charge in [0.2, 0.25) is 6.41 Å². The molecule has 0 spiro atoms. The summed E-state index contributed by atoms with van der Waals surface area (Å²) in [5, 5.41) is 1.88. The van der Waals surface area contributed by atoms with Gasteiger partial charge in [0.15, 0.2) is 11.5 Å². The number of aromatic nitrogens is 3. The molecule has 4 rings (SSSR count). The van der Waals surface area contributed by atoms with E-state index < -0.39 is 0 Å². The number of rotatable bonds is 5. The molecule has 0 saturated heterocycles. The molecule has 0 aliphatic rings. The number of hydrogen-bond donors (Lipinski definition) is 2. The predicted molar refractivity (Wildman–Crippen MR) is 130 cm³/mol. The van der Waals surface area contributed by atoms with Gasteiger partial charge >= 0.3 is 0 Å². The van der Waals surface area contributed by atoms with Crippen LogP contribution in [0.15, 0.2) is 54.6 Å². The molecule has 0 aliphatic carbocycles. The number of benzene rings is 2. The van der Waals surface area contributed by atoms with Crippen LogP contribution in [0, 0.1) is 0 Å². The highest BCUT2D eigenvalue weighted by Crippen LogP contribution is 2.38. The second-order valence-corrected chi connectivity index (χ2v) is 9.12. The molecule has 0 aliphatic heterocycles. The molecule has 8 heteroatoms. The van der Waals surface area contributed by atoms with Gasteiger partial charge in [-0.25, -0.2) is 15.0 Å². The van der Waals surface area contributed by atoms with Crippen molar-refractivity contribution < 1.29 is 4.79 Å². The fourth-order valence-corrected chi connectivity index (χ4v) is 3.64. The molecule has 2 heterocycles. The van der Waals surface area contributed by atoms with Crippen LogP contribution in [0.3, 0.4) is 0 Å². The Labute approximate surface area is 196 Å². The zero-order chi connectivity index (χ0) is 22.9. The average Bonchev–Trinajstić information content (AvgIpc) is 2.76. The van der Waals surface area contributed by atoms with E-state index in [2.05, 4.69) is 15.8 Å². The summed E-state index contributed by atoms with van der Waals surface area (Å²) in [4.78, 5) is 25.2. The molecule has 0 fully saturated rings. The lowest BCUT2D eigenvalue weighted by Crippen LogP contribution is -2.23. The molecule has 0 atom stereocenters. The highest BCUT2D eigenvalue weighted by molar-refractivity contribution is 6.33. The molecule has 1 amide bonds. The van der Waals surface area contributed by atoms with E-state index in [0.717, 1.165) is 16.7 Å². The molecular weight excluding hydrogens is 445 g/mol. The Kier molecular flexibility index (Phi) is 6.00. The number of halogens is 2. The summed E-state index contributed by atoms with van der Waals surface area (Å²) in [6.07, 6.45) is 0.552. The number of amides is 1. The Morgan fingerprint density at radius 3 is 2.28 bits per heavy atom. The minimum atomic E-state index is -0.327. The molecule has 0 saturated carbocycles. The normalized spacial score (nSPS) is 11.4. The Morgan fingerprint density at radius 2 is 1.62 bits per heavy atom. The molecule has 0 radical (unpaired) electrons. The topological polar surface area (TPSA) is 79.8 Å². The maximum Gasteiger partial charge on any atom is 0.225 e. The largest absolute Gasteiger partial charge is 0.281 e. The molecule has 32 heavy (non-hydrogen) atoms. The van der Waals surface area contributed by atoms with E-state index in [-0.39, 0.29) is 5.41 Å². The van der Waals surface area contributed by atoms with Gasteiger partial charge in [-0.1, -0.05) is 74.3 Å². The van der Waals surface area contributed by atoms with Crippen molar-refractivity contribution in [2.24, 2.45) is 0 Å². The average molecular weight is 466 g/mol. The molecule has 2 aromatic heterocycles. The second kappa shape index (κ2) is 8.73. The molecule has 162 valence electrons. The first-order valence-corrected chi connectivity index (χ1v) is 10.7. The molecule has 0 unspecified atom stereocenters. The molecule has 0 bridgehead atoms. The number of carbonyl (C=O) groups is 1. The van der Waals surface area contributed by atoms with Crippen molar-refractivity contribution in [3.05, 3.63) is 70.5 Å². The Hall–Kier alpha value is -3.22. The van der Waals surface area contributed by atoms with Crippen LogP contribution in [-0.2, 0) is 10.2 Å². The summed E-state index contributed by atoms with van der Waals surface area (Å²) < 4.78 is 0. The maximum absolute atomic E-state index is 10.9. The van der Waals surface area contributed by atoms with Crippen molar-refractivity contribution in [1.29, 1.82) is 0 Å². The zero-order valence-corrected chi connectivity index (χ0v) is 19.3. The smallest absolute Gasteiger partial charge is 0.225 e. The minimum absolute atomic E-state index is 0.327. The van der Waals surface area contributed by atoms with Gasteiger partial charge < -0.3 is 0 Å². The maximum atomic E-state index is 10.9. The van der Waals surface area contributed by atoms with Crippen molar-refractivity contribution >= 4 is 46.5 Å². The Morgan fingerprint density at radius 1 is 0.906 bits per heavy atom. The number of nitrogens with one attached hydrogen (secondary N) is 2. The lowest BCUT2D eigenvalue weighted by atomic mass is 9.95. The minimum Gasteiger partial charge on any atom is -0.281 e. The van der Waals surface area contributed by atoms with Gasteiger partial charge in [-0.2, -0.15) is 0 Å². The summed E-state index contributed by atoms with van der Waals surface area (Å²) in [7, 11) is 0. The van der Waals surface area contributed by atoms with Gasteiger partial charge in [0.05, 0.1) is 11.1 Å². The van der Waals surface area contributed by atoms with E-state index in [1.807, 2.05) is 75.4 Å². The lowest BCUT2D eigenvalue weighted by molar-refractivity contribution is -0.109. The van der Waals surface area contributed by atoms with Gasteiger partial charge in [-0.05, 0) is 29.8 Å². The van der Waals surface area contributed by atoms with Gasteiger partial charge in [0.25, 0.3) is 0 Å². The molecule has 2 aromatic carbocycles. The third kappa shape index (κ3) is 4.38. The first-order chi connectivity index (χ1) is 15.3. The summed E-state index contributed by atoms with van der Waals surface area (Å²) >= 11 is 12.7. The fourth-order valence-electron chi connectivity index (χ4n) is 3.29. The number of pyridine rings is 1. The SMILES string of the molecule is CC(C)(C)c1nc(NNC=O)c2cc(-c3ccc(Cl)cc3)c(-c3ccccc3Cl)nc2n1. The van der Waals surface area contributed by atoms with Crippen LogP contribution in [-0.4, -0.2) is 21.4 Å². The van der Waals surface area contributed by atoms with E-state index in [0.29, 0.717) is 44.8 Å². The molecule has 4 aromatic rings. The van der Waals surface area contributed by atoms with Gasteiger partial charge in [0, 0.05) is 26.6 Å². The summed E-state index contributed by atoms with van der Waals surface area (Å²) in [5.74, 6) is 1.05. The summed E-state index contributed by atoms with van der Waals surface area (Å²) in [6.45, 7) is 6.05. The van der Waals surface area contributed by atoms with E-state index in [4.69, 9.17) is 33.2 Å². The van der Waals surface area contributed by atoms with Gasteiger partial charge in [-0.15, -0.1) is 0 Å². The number of nitrogens with zero attached hydrogens (tertiary/aromatic N) is 3. The van der Waals surface area contributed by atoms with Crippen LogP contribution in [0.2, 0.25) is 10.0 Å². The first-order valence-electron chi connectivity index (χ1n) is 9.97. The van der Waals surface area contributed by atoms with Gasteiger partial charge in [-0.3, -0.25) is 15.6 Å². The monoisotopic (exact) mass is 465 g/mol. The fraction of sp³-hybridized carbons (Fsp3) is 0.167. The second-order valence-electron chi connectivity index (χ2n) is 8.28. The van der Waals surface area contributed by atoms with Crippen molar-refractivity contribution in [1.82, 2.24) is 20.4 Å². The molecule has 2 N–H and O–H groups in total. The first kappa shape index (κ1) is 22.0. The number of hydrogen-bond acceptors (Lipinski definition) is 5. The Bertz CT molecular complexity index is 1300. The van der Waals surface area contributed by atoms with E-state index >= 15 is 0 Å². The third-order valence-corrected chi connectivity index (χ3v) is 5.47. The highest BCUT2D eigenvalue weighted by Gasteiger charge is 2.22.